The molecule has 104 valence electrons. The largest absolute Gasteiger partial charge is 0.384 e. The second-order valence-electron chi connectivity index (χ2n) is 5.33. The molecule has 1 aliphatic carbocycles. The van der Waals surface area contributed by atoms with Gasteiger partial charge in [-0.15, -0.1) is 11.3 Å². The minimum atomic E-state index is 0.134. The zero-order valence-corrected chi connectivity index (χ0v) is 12.2. The molecule has 0 amide bonds. The van der Waals surface area contributed by atoms with Crippen LogP contribution in [0.5, 0.6) is 0 Å². The van der Waals surface area contributed by atoms with Gasteiger partial charge in [0.15, 0.2) is 0 Å². The second-order valence-corrected chi connectivity index (χ2v) is 6.36. The lowest BCUT2D eigenvalue weighted by atomic mass is 10.1. The normalized spacial score (nSPS) is 14.7. The van der Waals surface area contributed by atoms with Crippen molar-refractivity contribution in [2.45, 2.75) is 32.0 Å². The van der Waals surface area contributed by atoms with E-state index in [0.29, 0.717) is 0 Å². The van der Waals surface area contributed by atoms with E-state index in [0.717, 1.165) is 24.7 Å². The zero-order chi connectivity index (χ0) is 13.9. The van der Waals surface area contributed by atoms with Crippen LogP contribution >= 0.6 is 11.3 Å². The van der Waals surface area contributed by atoms with Crippen LogP contribution < -0.4 is 5.73 Å². The number of nitrogens with one attached hydrogen (secondary N) is 1. The summed E-state index contributed by atoms with van der Waals surface area (Å²) in [5.74, 6) is 0.134. The number of amidine groups is 1. The molecule has 3 N–H and O–H groups in total. The number of hydrogen-bond donors (Lipinski definition) is 2. The molecule has 0 aliphatic heterocycles. The van der Waals surface area contributed by atoms with Crippen LogP contribution in [0.25, 0.3) is 0 Å². The number of benzene rings is 1. The first kappa shape index (κ1) is 13.3. The van der Waals surface area contributed by atoms with Crippen molar-refractivity contribution in [2.24, 2.45) is 5.73 Å². The van der Waals surface area contributed by atoms with E-state index in [1.54, 1.807) is 0 Å². The Bertz CT molecular complexity index is 570. The van der Waals surface area contributed by atoms with Gasteiger partial charge in [0, 0.05) is 29.6 Å². The van der Waals surface area contributed by atoms with Gasteiger partial charge in [-0.2, -0.15) is 0 Å². The minimum absolute atomic E-state index is 0.134. The van der Waals surface area contributed by atoms with Crippen LogP contribution in [-0.2, 0) is 13.1 Å². The summed E-state index contributed by atoms with van der Waals surface area (Å²) in [5.41, 5.74) is 7.57. The van der Waals surface area contributed by atoms with Crippen LogP contribution in [-0.4, -0.2) is 16.8 Å². The van der Waals surface area contributed by atoms with Crippen molar-refractivity contribution in [1.82, 2.24) is 4.90 Å². The number of hydrogen-bond acceptors (Lipinski definition) is 3. The molecule has 2 aromatic rings. The van der Waals surface area contributed by atoms with Crippen LogP contribution in [0.3, 0.4) is 0 Å². The maximum absolute atomic E-state index is 7.43. The van der Waals surface area contributed by atoms with E-state index in [2.05, 4.69) is 34.5 Å². The topological polar surface area (TPSA) is 53.1 Å². The van der Waals surface area contributed by atoms with Gasteiger partial charge in [0.1, 0.15) is 5.84 Å². The van der Waals surface area contributed by atoms with Crippen molar-refractivity contribution in [3.8, 4) is 0 Å². The summed E-state index contributed by atoms with van der Waals surface area (Å²) < 4.78 is 0. The highest BCUT2D eigenvalue weighted by Crippen LogP contribution is 2.30. The third kappa shape index (κ3) is 3.26. The number of thiophene rings is 1. The predicted octanol–water partition coefficient (Wildman–Crippen LogP) is 3.20. The summed E-state index contributed by atoms with van der Waals surface area (Å²) in [4.78, 5) is 3.98. The maximum Gasteiger partial charge on any atom is 0.122 e. The number of nitrogens with two attached hydrogens (primary N) is 1. The Morgan fingerprint density at radius 3 is 2.50 bits per heavy atom. The molecule has 3 nitrogen and oxygen atoms in total. The Morgan fingerprint density at radius 1 is 1.20 bits per heavy atom. The average molecular weight is 285 g/mol. The molecule has 0 saturated heterocycles. The van der Waals surface area contributed by atoms with Gasteiger partial charge in [-0.1, -0.05) is 30.3 Å². The molecule has 1 fully saturated rings. The summed E-state index contributed by atoms with van der Waals surface area (Å²) in [7, 11) is 0. The second kappa shape index (κ2) is 5.77. The highest BCUT2D eigenvalue weighted by atomic mass is 32.1. The molecule has 1 aliphatic rings. The van der Waals surface area contributed by atoms with Gasteiger partial charge >= 0.3 is 0 Å². The predicted molar refractivity (Wildman–Crippen MR) is 84.0 cm³/mol. The Kier molecular flexibility index (Phi) is 3.85. The van der Waals surface area contributed by atoms with Crippen LogP contribution in [0.1, 0.15) is 28.8 Å². The van der Waals surface area contributed by atoms with Crippen LogP contribution in [0.15, 0.2) is 41.8 Å². The molecular formula is C16H19N3S. The third-order valence-corrected chi connectivity index (χ3v) is 4.51. The van der Waals surface area contributed by atoms with Crippen LogP contribution in [0, 0.1) is 5.41 Å². The van der Waals surface area contributed by atoms with Crippen molar-refractivity contribution in [3.63, 3.8) is 0 Å². The Morgan fingerprint density at radius 2 is 1.95 bits per heavy atom. The van der Waals surface area contributed by atoms with Crippen LogP contribution in [0.4, 0.5) is 0 Å². The fourth-order valence-corrected chi connectivity index (χ4v) is 3.11. The average Bonchev–Trinajstić information content (AvgIpc) is 3.17. The van der Waals surface area contributed by atoms with Crippen molar-refractivity contribution >= 4 is 17.2 Å². The summed E-state index contributed by atoms with van der Waals surface area (Å²) in [6.45, 7) is 2.01. The first-order chi connectivity index (χ1) is 9.72. The molecule has 1 saturated carbocycles. The minimum Gasteiger partial charge on any atom is -0.384 e. The van der Waals surface area contributed by atoms with Gasteiger partial charge in [-0.25, -0.2) is 0 Å². The van der Waals surface area contributed by atoms with Gasteiger partial charge in [-0.05, 0) is 29.9 Å². The Labute approximate surface area is 123 Å². The lowest BCUT2D eigenvalue weighted by Gasteiger charge is -2.21. The summed E-state index contributed by atoms with van der Waals surface area (Å²) in [6.07, 6.45) is 2.63. The number of nitrogens with zero attached hydrogens (tertiary/aromatic N) is 1. The lowest BCUT2D eigenvalue weighted by molar-refractivity contribution is 0.248. The van der Waals surface area contributed by atoms with Crippen molar-refractivity contribution in [2.75, 3.05) is 0 Å². The number of nitrogen functional groups attached to an aromatic ring is 1. The molecule has 1 heterocycles. The van der Waals surface area contributed by atoms with E-state index in [4.69, 9.17) is 11.1 Å². The van der Waals surface area contributed by atoms with Gasteiger partial charge in [-0.3, -0.25) is 10.3 Å². The molecule has 1 aromatic carbocycles. The smallest absolute Gasteiger partial charge is 0.122 e. The summed E-state index contributed by atoms with van der Waals surface area (Å²) in [6, 6.07) is 13.1. The SMILES string of the molecule is N=C(N)c1ccc(CN(Cc2cccs2)C2CC2)cc1. The Hall–Kier alpha value is -1.65. The third-order valence-electron chi connectivity index (χ3n) is 3.65. The highest BCUT2D eigenvalue weighted by Gasteiger charge is 2.29. The van der Waals surface area contributed by atoms with E-state index in [-0.39, 0.29) is 5.84 Å². The standard InChI is InChI=1S/C16H19N3S/c17-16(18)13-5-3-12(4-6-13)10-19(14-7-8-14)11-15-2-1-9-20-15/h1-6,9,14H,7-8,10-11H2,(H3,17,18). The zero-order valence-electron chi connectivity index (χ0n) is 11.4. The maximum atomic E-state index is 7.43. The van der Waals surface area contributed by atoms with E-state index in [1.165, 1.54) is 23.3 Å². The quantitative estimate of drug-likeness (QED) is 0.632. The van der Waals surface area contributed by atoms with Crippen molar-refractivity contribution in [3.05, 3.63) is 57.8 Å². The Balaban J connectivity index is 1.68. The molecule has 4 heteroatoms. The molecule has 1 aromatic heterocycles. The molecule has 0 atom stereocenters. The molecule has 0 bridgehead atoms. The van der Waals surface area contributed by atoms with E-state index < -0.39 is 0 Å². The van der Waals surface area contributed by atoms with Gasteiger partial charge < -0.3 is 5.73 Å². The fourth-order valence-electron chi connectivity index (χ4n) is 2.38. The highest BCUT2D eigenvalue weighted by molar-refractivity contribution is 7.09. The molecule has 0 unspecified atom stereocenters. The molecule has 0 radical (unpaired) electrons. The first-order valence-corrected chi connectivity index (χ1v) is 7.80. The number of rotatable bonds is 6. The summed E-state index contributed by atoms with van der Waals surface area (Å²) >= 11 is 1.83. The summed E-state index contributed by atoms with van der Waals surface area (Å²) in [5, 5.41) is 9.57. The van der Waals surface area contributed by atoms with Crippen molar-refractivity contribution in [1.29, 1.82) is 5.41 Å². The molecule has 0 spiro atoms. The molecule has 3 rings (SSSR count). The molecule has 20 heavy (non-hydrogen) atoms. The van der Waals surface area contributed by atoms with Gasteiger partial charge in [0.05, 0.1) is 0 Å². The van der Waals surface area contributed by atoms with E-state index >= 15 is 0 Å². The fraction of sp³-hybridized carbons (Fsp3) is 0.312. The van der Waals surface area contributed by atoms with E-state index in [1.807, 2.05) is 23.5 Å². The van der Waals surface area contributed by atoms with Crippen LogP contribution in [0.2, 0.25) is 0 Å². The first-order valence-electron chi connectivity index (χ1n) is 6.92. The monoisotopic (exact) mass is 285 g/mol. The van der Waals surface area contributed by atoms with Gasteiger partial charge in [0.25, 0.3) is 0 Å². The lowest BCUT2D eigenvalue weighted by Crippen LogP contribution is -2.24. The molecular weight excluding hydrogens is 266 g/mol. The van der Waals surface area contributed by atoms with Crippen molar-refractivity contribution < 1.29 is 0 Å². The van der Waals surface area contributed by atoms with E-state index in [9.17, 15) is 0 Å². The van der Waals surface area contributed by atoms with Gasteiger partial charge in [0.2, 0.25) is 0 Å².